The van der Waals surface area contributed by atoms with Gasteiger partial charge in [-0.25, -0.2) is 0 Å². The molecule has 1 fully saturated rings. The molecule has 1 aromatic heterocycles. The molecule has 2 aromatic rings. The molecule has 0 aliphatic carbocycles. The number of aromatic nitrogens is 2. The molecule has 1 aliphatic rings. The SMILES string of the molecule is CC1CCNC1c1nc(Cc2ccc(Br)cc2)no1. The Morgan fingerprint density at radius 2 is 2.16 bits per heavy atom. The van der Waals surface area contributed by atoms with Gasteiger partial charge >= 0.3 is 0 Å². The van der Waals surface area contributed by atoms with Gasteiger partial charge in [-0.15, -0.1) is 0 Å². The lowest BCUT2D eigenvalue weighted by Crippen LogP contribution is -2.16. The number of hydrogen-bond acceptors (Lipinski definition) is 4. The van der Waals surface area contributed by atoms with Crippen LogP contribution in [0.5, 0.6) is 0 Å². The molecule has 0 spiro atoms. The van der Waals surface area contributed by atoms with Gasteiger partial charge < -0.3 is 9.84 Å². The fourth-order valence-corrected chi connectivity index (χ4v) is 2.68. The Labute approximate surface area is 120 Å². The molecule has 3 rings (SSSR count). The molecule has 0 radical (unpaired) electrons. The van der Waals surface area contributed by atoms with E-state index in [9.17, 15) is 0 Å². The van der Waals surface area contributed by atoms with E-state index >= 15 is 0 Å². The summed E-state index contributed by atoms with van der Waals surface area (Å²) in [4.78, 5) is 4.51. The molecule has 2 atom stereocenters. The minimum absolute atomic E-state index is 0.214. The third-order valence-corrected chi connectivity index (χ3v) is 4.09. The van der Waals surface area contributed by atoms with Crippen molar-refractivity contribution >= 4 is 15.9 Å². The van der Waals surface area contributed by atoms with E-state index in [0.29, 0.717) is 12.3 Å². The van der Waals surface area contributed by atoms with Gasteiger partial charge in [0.25, 0.3) is 0 Å². The third-order valence-electron chi connectivity index (χ3n) is 3.56. The largest absolute Gasteiger partial charge is 0.338 e. The van der Waals surface area contributed by atoms with Crippen molar-refractivity contribution in [2.45, 2.75) is 25.8 Å². The fourth-order valence-electron chi connectivity index (χ4n) is 2.42. The zero-order valence-electron chi connectivity index (χ0n) is 10.8. The maximum Gasteiger partial charge on any atom is 0.244 e. The molecule has 4 nitrogen and oxygen atoms in total. The Hall–Kier alpha value is -1.20. The van der Waals surface area contributed by atoms with Crippen molar-refractivity contribution < 1.29 is 4.52 Å². The molecule has 2 heterocycles. The van der Waals surface area contributed by atoms with Gasteiger partial charge in [-0.05, 0) is 36.6 Å². The van der Waals surface area contributed by atoms with E-state index in [4.69, 9.17) is 4.52 Å². The van der Waals surface area contributed by atoms with Crippen LogP contribution in [0.3, 0.4) is 0 Å². The molecule has 2 unspecified atom stereocenters. The Morgan fingerprint density at radius 1 is 1.37 bits per heavy atom. The maximum atomic E-state index is 5.38. The second-order valence-electron chi connectivity index (χ2n) is 5.05. The highest BCUT2D eigenvalue weighted by atomic mass is 79.9. The highest BCUT2D eigenvalue weighted by Gasteiger charge is 2.29. The third kappa shape index (κ3) is 2.87. The zero-order valence-corrected chi connectivity index (χ0v) is 12.4. The van der Waals surface area contributed by atoms with Crippen LogP contribution >= 0.6 is 15.9 Å². The maximum absolute atomic E-state index is 5.38. The standard InChI is InChI=1S/C14H16BrN3O/c1-9-6-7-16-13(9)14-17-12(18-19-14)8-10-2-4-11(15)5-3-10/h2-5,9,13,16H,6-8H2,1H3. The molecule has 1 aliphatic heterocycles. The van der Waals surface area contributed by atoms with Gasteiger partial charge in [-0.1, -0.05) is 40.1 Å². The summed E-state index contributed by atoms with van der Waals surface area (Å²) in [6.07, 6.45) is 1.87. The van der Waals surface area contributed by atoms with E-state index < -0.39 is 0 Å². The van der Waals surface area contributed by atoms with Gasteiger partial charge in [0.05, 0.1) is 6.04 Å². The van der Waals surface area contributed by atoms with Crippen molar-refractivity contribution in [1.82, 2.24) is 15.5 Å². The first-order chi connectivity index (χ1) is 9.22. The van der Waals surface area contributed by atoms with E-state index in [1.165, 1.54) is 5.56 Å². The van der Waals surface area contributed by atoms with Gasteiger partial charge in [0.15, 0.2) is 5.82 Å². The number of rotatable bonds is 3. The molecule has 19 heavy (non-hydrogen) atoms. The number of nitrogens with one attached hydrogen (secondary N) is 1. The Bertz CT molecular complexity index is 552. The van der Waals surface area contributed by atoms with Crippen LogP contribution in [0.4, 0.5) is 0 Å². The second kappa shape index (κ2) is 5.43. The van der Waals surface area contributed by atoms with Crippen molar-refractivity contribution in [2.24, 2.45) is 5.92 Å². The molecule has 1 saturated heterocycles. The predicted molar refractivity (Wildman–Crippen MR) is 75.8 cm³/mol. The Kier molecular flexibility index (Phi) is 3.66. The summed E-state index contributed by atoms with van der Waals surface area (Å²) in [6.45, 7) is 3.24. The fraction of sp³-hybridized carbons (Fsp3) is 0.429. The lowest BCUT2D eigenvalue weighted by atomic mass is 10.0. The summed E-state index contributed by atoms with van der Waals surface area (Å²) in [5.41, 5.74) is 1.18. The molecule has 100 valence electrons. The second-order valence-corrected chi connectivity index (χ2v) is 5.97. The zero-order chi connectivity index (χ0) is 13.2. The molecule has 1 aromatic carbocycles. The number of hydrogen-bond donors (Lipinski definition) is 1. The van der Waals surface area contributed by atoms with E-state index in [-0.39, 0.29) is 6.04 Å². The molecule has 0 amide bonds. The van der Waals surface area contributed by atoms with Gasteiger partial charge in [0.2, 0.25) is 5.89 Å². The first kappa shape index (κ1) is 12.8. The van der Waals surface area contributed by atoms with Crippen LogP contribution in [-0.2, 0) is 6.42 Å². The number of nitrogens with zero attached hydrogens (tertiary/aromatic N) is 2. The summed E-state index contributed by atoms with van der Waals surface area (Å²) in [7, 11) is 0. The van der Waals surface area contributed by atoms with Crippen LogP contribution in [-0.4, -0.2) is 16.7 Å². The van der Waals surface area contributed by atoms with Gasteiger partial charge in [0.1, 0.15) is 0 Å². The number of halogens is 1. The summed E-state index contributed by atoms with van der Waals surface area (Å²) >= 11 is 3.43. The van der Waals surface area contributed by atoms with Crippen molar-refractivity contribution in [3.05, 3.63) is 46.0 Å². The monoisotopic (exact) mass is 321 g/mol. The van der Waals surface area contributed by atoms with Crippen LogP contribution in [0, 0.1) is 5.92 Å². The van der Waals surface area contributed by atoms with Crippen LogP contribution in [0.15, 0.2) is 33.3 Å². The Balaban J connectivity index is 1.72. The number of benzene rings is 1. The molecular formula is C14H16BrN3O. The molecule has 5 heteroatoms. The normalized spacial score (nSPS) is 22.8. The molecule has 0 saturated carbocycles. The Morgan fingerprint density at radius 3 is 2.84 bits per heavy atom. The average molecular weight is 322 g/mol. The van der Waals surface area contributed by atoms with Gasteiger partial charge in [-0.3, -0.25) is 0 Å². The van der Waals surface area contributed by atoms with Crippen LogP contribution < -0.4 is 5.32 Å². The van der Waals surface area contributed by atoms with Crippen LogP contribution in [0.1, 0.15) is 36.7 Å². The lowest BCUT2D eigenvalue weighted by molar-refractivity contribution is 0.317. The lowest BCUT2D eigenvalue weighted by Gasteiger charge is -2.09. The minimum atomic E-state index is 0.214. The smallest absolute Gasteiger partial charge is 0.244 e. The highest BCUT2D eigenvalue weighted by Crippen LogP contribution is 2.27. The van der Waals surface area contributed by atoms with Crippen LogP contribution in [0.25, 0.3) is 0 Å². The van der Waals surface area contributed by atoms with E-state index in [2.05, 4.69) is 50.4 Å². The van der Waals surface area contributed by atoms with E-state index in [1.54, 1.807) is 0 Å². The van der Waals surface area contributed by atoms with E-state index in [1.807, 2.05) is 12.1 Å². The molecule has 1 N–H and O–H groups in total. The van der Waals surface area contributed by atoms with Gasteiger partial charge in [0, 0.05) is 10.9 Å². The summed E-state index contributed by atoms with van der Waals surface area (Å²) in [6, 6.07) is 8.40. The summed E-state index contributed by atoms with van der Waals surface area (Å²) in [5.74, 6) is 2.02. The first-order valence-corrected chi connectivity index (χ1v) is 7.32. The molecular weight excluding hydrogens is 306 g/mol. The summed E-state index contributed by atoms with van der Waals surface area (Å²) in [5, 5.41) is 7.48. The van der Waals surface area contributed by atoms with Crippen molar-refractivity contribution in [3.8, 4) is 0 Å². The van der Waals surface area contributed by atoms with E-state index in [0.717, 1.165) is 29.2 Å². The highest BCUT2D eigenvalue weighted by molar-refractivity contribution is 9.10. The molecule has 0 bridgehead atoms. The minimum Gasteiger partial charge on any atom is -0.338 e. The van der Waals surface area contributed by atoms with Gasteiger partial charge in [-0.2, -0.15) is 4.98 Å². The van der Waals surface area contributed by atoms with Crippen LogP contribution in [0.2, 0.25) is 0 Å². The van der Waals surface area contributed by atoms with Crippen molar-refractivity contribution in [1.29, 1.82) is 0 Å². The predicted octanol–water partition coefficient (Wildman–Crippen LogP) is 3.09. The van der Waals surface area contributed by atoms with Crippen molar-refractivity contribution in [3.63, 3.8) is 0 Å². The average Bonchev–Trinajstić information content (AvgIpc) is 3.01. The topological polar surface area (TPSA) is 51.0 Å². The quantitative estimate of drug-likeness (QED) is 0.943. The summed E-state index contributed by atoms with van der Waals surface area (Å²) < 4.78 is 6.46. The first-order valence-electron chi connectivity index (χ1n) is 6.52. The van der Waals surface area contributed by atoms with Crippen molar-refractivity contribution in [2.75, 3.05) is 6.54 Å².